The number of hydrogen-bond acceptors (Lipinski definition) is 4. The van der Waals surface area contributed by atoms with Crippen molar-refractivity contribution in [2.24, 2.45) is 0 Å². The van der Waals surface area contributed by atoms with Gasteiger partial charge in [-0.05, 0) is 57.7 Å². The van der Waals surface area contributed by atoms with Crippen LogP contribution in [0.5, 0.6) is 11.5 Å². The van der Waals surface area contributed by atoms with E-state index in [0.717, 1.165) is 29.9 Å². The van der Waals surface area contributed by atoms with Gasteiger partial charge in [-0.15, -0.1) is 0 Å². The molecule has 0 aromatic heterocycles. The SMILES string of the molecule is COc1ccc(OC)c(C2CCN(C(=O)OC(C)(C)C)CC2)c1. The topological polar surface area (TPSA) is 48.0 Å². The molecular formula is C18H27NO4. The first kappa shape index (κ1) is 17.4. The zero-order valence-corrected chi connectivity index (χ0v) is 14.7. The zero-order valence-electron chi connectivity index (χ0n) is 14.7. The number of piperidine rings is 1. The fraction of sp³-hybridized carbons (Fsp3) is 0.611. The van der Waals surface area contributed by atoms with Crippen LogP contribution in [0.3, 0.4) is 0 Å². The van der Waals surface area contributed by atoms with Crippen LogP contribution in [0, 0.1) is 0 Å². The van der Waals surface area contributed by atoms with E-state index in [0.29, 0.717) is 19.0 Å². The van der Waals surface area contributed by atoms with Crippen molar-refractivity contribution in [3.8, 4) is 11.5 Å². The lowest BCUT2D eigenvalue weighted by molar-refractivity contribution is 0.0204. The smallest absolute Gasteiger partial charge is 0.410 e. The molecule has 1 amide bonds. The number of carbonyl (C=O) groups excluding carboxylic acids is 1. The first-order valence-corrected chi connectivity index (χ1v) is 8.04. The van der Waals surface area contributed by atoms with E-state index in [2.05, 4.69) is 0 Å². The molecule has 1 fully saturated rings. The third-order valence-electron chi connectivity index (χ3n) is 4.02. The van der Waals surface area contributed by atoms with E-state index in [1.54, 1.807) is 19.1 Å². The maximum atomic E-state index is 12.1. The Morgan fingerprint density at radius 3 is 2.30 bits per heavy atom. The van der Waals surface area contributed by atoms with Crippen LogP contribution in [0.4, 0.5) is 4.79 Å². The van der Waals surface area contributed by atoms with Gasteiger partial charge < -0.3 is 19.1 Å². The summed E-state index contributed by atoms with van der Waals surface area (Å²) in [6.07, 6.45) is 1.56. The van der Waals surface area contributed by atoms with Crippen LogP contribution in [0.15, 0.2) is 18.2 Å². The summed E-state index contributed by atoms with van der Waals surface area (Å²) in [5.41, 5.74) is 0.694. The number of carbonyl (C=O) groups is 1. The number of hydrogen-bond donors (Lipinski definition) is 0. The van der Waals surface area contributed by atoms with Gasteiger partial charge in [0.25, 0.3) is 0 Å². The number of rotatable bonds is 3. The molecule has 2 rings (SSSR count). The van der Waals surface area contributed by atoms with E-state index >= 15 is 0 Å². The van der Waals surface area contributed by atoms with Crippen molar-refractivity contribution in [3.63, 3.8) is 0 Å². The number of nitrogens with zero attached hydrogens (tertiary/aromatic N) is 1. The highest BCUT2D eigenvalue weighted by molar-refractivity contribution is 5.68. The molecule has 0 saturated carbocycles. The molecule has 0 atom stereocenters. The Hall–Kier alpha value is -1.91. The van der Waals surface area contributed by atoms with Crippen molar-refractivity contribution < 1.29 is 19.0 Å². The molecule has 1 heterocycles. The molecule has 23 heavy (non-hydrogen) atoms. The highest BCUT2D eigenvalue weighted by Crippen LogP contribution is 2.36. The van der Waals surface area contributed by atoms with Crippen LogP contribution in [0.1, 0.15) is 45.1 Å². The highest BCUT2D eigenvalue weighted by atomic mass is 16.6. The Morgan fingerprint density at radius 1 is 1.13 bits per heavy atom. The van der Waals surface area contributed by atoms with E-state index < -0.39 is 5.60 Å². The Bertz CT molecular complexity index is 542. The summed E-state index contributed by atoms with van der Waals surface area (Å²) in [4.78, 5) is 13.9. The molecule has 5 heteroatoms. The number of ether oxygens (including phenoxy) is 3. The van der Waals surface area contributed by atoms with Crippen molar-refractivity contribution in [2.75, 3.05) is 27.3 Å². The second-order valence-corrected chi connectivity index (χ2v) is 6.85. The molecule has 1 aliphatic heterocycles. The van der Waals surface area contributed by atoms with Gasteiger partial charge in [0.2, 0.25) is 0 Å². The van der Waals surface area contributed by atoms with Crippen molar-refractivity contribution in [1.82, 2.24) is 4.90 Å². The Labute approximate surface area is 138 Å². The molecule has 0 radical (unpaired) electrons. The van der Waals surface area contributed by atoms with Gasteiger partial charge in [0, 0.05) is 18.7 Å². The summed E-state index contributed by atoms with van der Waals surface area (Å²) >= 11 is 0. The predicted octanol–water partition coefficient (Wildman–Crippen LogP) is 3.82. The van der Waals surface area contributed by atoms with E-state index in [1.807, 2.05) is 39.0 Å². The third-order valence-corrected chi connectivity index (χ3v) is 4.02. The average molecular weight is 321 g/mol. The van der Waals surface area contributed by atoms with E-state index in [-0.39, 0.29) is 6.09 Å². The largest absolute Gasteiger partial charge is 0.497 e. The zero-order chi connectivity index (χ0) is 17.0. The van der Waals surface area contributed by atoms with Crippen LogP contribution < -0.4 is 9.47 Å². The minimum Gasteiger partial charge on any atom is -0.497 e. The molecule has 0 bridgehead atoms. The van der Waals surface area contributed by atoms with Crippen molar-refractivity contribution in [2.45, 2.75) is 45.1 Å². The quantitative estimate of drug-likeness (QED) is 0.849. The van der Waals surface area contributed by atoms with Crippen molar-refractivity contribution in [1.29, 1.82) is 0 Å². The molecule has 1 aromatic carbocycles. The molecule has 1 aliphatic rings. The minimum absolute atomic E-state index is 0.228. The third kappa shape index (κ3) is 4.53. The molecule has 128 valence electrons. The van der Waals surface area contributed by atoms with Crippen molar-refractivity contribution in [3.05, 3.63) is 23.8 Å². The van der Waals surface area contributed by atoms with Gasteiger partial charge in [0.05, 0.1) is 14.2 Å². The minimum atomic E-state index is -0.454. The van der Waals surface area contributed by atoms with Crippen LogP contribution in [0.2, 0.25) is 0 Å². The second kappa shape index (κ2) is 7.11. The lowest BCUT2D eigenvalue weighted by atomic mass is 9.88. The normalized spacial score (nSPS) is 16.1. The van der Waals surface area contributed by atoms with E-state index in [4.69, 9.17) is 14.2 Å². The lowest BCUT2D eigenvalue weighted by Gasteiger charge is -2.34. The van der Waals surface area contributed by atoms with Gasteiger partial charge in [-0.1, -0.05) is 0 Å². The Balaban J connectivity index is 2.03. The number of methoxy groups -OCH3 is 2. The Kier molecular flexibility index (Phi) is 5.39. The van der Waals surface area contributed by atoms with Crippen LogP contribution >= 0.6 is 0 Å². The molecular weight excluding hydrogens is 294 g/mol. The molecule has 0 N–H and O–H groups in total. The van der Waals surface area contributed by atoms with Gasteiger partial charge in [0.1, 0.15) is 17.1 Å². The summed E-state index contributed by atoms with van der Waals surface area (Å²) in [7, 11) is 3.35. The highest BCUT2D eigenvalue weighted by Gasteiger charge is 2.28. The fourth-order valence-corrected chi connectivity index (χ4v) is 2.86. The molecule has 0 aliphatic carbocycles. The van der Waals surface area contributed by atoms with Crippen molar-refractivity contribution >= 4 is 6.09 Å². The summed E-state index contributed by atoms with van der Waals surface area (Å²) < 4.78 is 16.2. The lowest BCUT2D eigenvalue weighted by Crippen LogP contribution is -2.41. The monoisotopic (exact) mass is 321 g/mol. The van der Waals surface area contributed by atoms with Gasteiger partial charge in [0.15, 0.2) is 0 Å². The van der Waals surface area contributed by atoms with Gasteiger partial charge in [-0.2, -0.15) is 0 Å². The number of amides is 1. The fourth-order valence-electron chi connectivity index (χ4n) is 2.86. The Morgan fingerprint density at radius 2 is 1.78 bits per heavy atom. The summed E-state index contributed by atoms with van der Waals surface area (Å²) in [6.45, 7) is 7.05. The number of benzene rings is 1. The summed E-state index contributed by atoms with van der Waals surface area (Å²) in [5, 5.41) is 0. The molecule has 5 nitrogen and oxygen atoms in total. The van der Waals surface area contributed by atoms with Crippen LogP contribution in [-0.2, 0) is 4.74 Å². The summed E-state index contributed by atoms with van der Waals surface area (Å²) in [6, 6.07) is 5.87. The predicted molar refractivity (Wildman–Crippen MR) is 89.3 cm³/mol. The summed E-state index contributed by atoms with van der Waals surface area (Å²) in [5.74, 6) is 2.07. The van der Waals surface area contributed by atoms with E-state index in [9.17, 15) is 4.79 Å². The van der Waals surface area contributed by atoms with Gasteiger partial charge in [-0.25, -0.2) is 4.79 Å². The average Bonchev–Trinajstić information content (AvgIpc) is 2.52. The molecule has 1 saturated heterocycles. The van der Waals surface area contributed by atoms with Crippen LogP contribution in [-0.4, -0.2) is 43.9 Å². The number of likely N-dealkylation sites (tertiary alicyclic amines) is 1. The second-order valence-electron chi connectivity index (χ2n) is 6.85. The first-order chi connectivity index (χ1) is 10.8. The van der Waals surface area contributed by atoms with Gasteiger partial charge >= 0.3 is 6.09 Å². The maximum Gasteiger partial charge on any atom is 0.410 e. The molecule has 0 unspecified atom stereocenters. The van der Waals surface area contributed by atoms with E-state index in [1.165, 1.54) is 0 Å². The molecule has 1 aromatic rings. The first-order valence-electron chi connectivity index (χ1n) is 8.04. The van der Waals surface area contributed by atoms with Gasteiger partial charge in [-0.3, -0.25) is 0 Å². The maximum absolute atomic E-state index is 12.1. The molecule has 0 spiro atoms. The standard InChI is InChI=1S/C18H27NO4/c1-18(2,3)23-17(20)19-10-8-13(9-11-19)15-12-14(21-4)6-7-16(15)22-5/h6-7,12-13H,8-11H2,1-5H3. The van der Waals surface area contributed by atoms with Crippen LogP contribution in [0.25, 0.3) is 0 Å².